The van der Waals surface area contributed by atoms with Crippen LogP contribution >= 0.6 is 0 Å². The van der Waals surface area contributed by atoms with Crippen LogP contribution in [0.3, 0.4) is 0 Å². The van der Waals surface area contributed by atoms with Crippen molar-refractivity contribution in [3.63, 3.8) is 0 Å². The summed E-state index contributed by atoms with van der Waals surface area (Å²) in [4.78, 5) is 11.3. The number of amides is 1. The van der Waals surface area contributed by atoms with E-state index in [1.54, 1.807) is 17.7 Å². The fourth-order valence-electron chi connectivity index (χ4n) is 1.36. The zero-order chi connectivity index (χ0) is 10.6. The van der Waals surface area contributed by atoms with E-state index in [4.69, 9.17) is 0 Å². The van der Waals surface area contributed by atoms with Crippen molar-refractivity contribution < 1.29 is 9.90 Å². The van der Waals surface area contributed by atoms with Crippen molar-refractivity contribution in [2.75, 3.05) is 6.54 Å². The summed E-state index contributed by atoms with van der Waals surface area (Å²) in [5.41, 5.74) is 0.760. The molecule has 0 aliphatic rings. The Balaban J connectivity index is 2.66. The number of aliphatic hydroxyl groups is 1. The van der Waals surface area contributed by atoms with E-state index in [0.717, 1.165) is 5.69 Å². The lowest BCUT2D eigenvalue weighted by Crippen LogP contribution is -2.27. The maximum Gasteiger partial charge on any atom is 0.239 e. The number of carbonyl (C=O) groups excluding carboxylic acids is 1. The van der Waals surface area contributed by atoms with Gasteiger partial charge in [-0.2, -0.15) is 0 Å². The van der Waals surface area contributed by atoms with Crippen LogP contribution in [0.15, 0.2) is 18.3 Å². The fraction of sp³-hybridized carbons (Fsp3) is 0.500. The number of carbonyl (C=O) groups is 1. The molecule has 4 nitrogen and oxygen atoms in total. The highest BCUT2D eigenvalue weighted by Crippen LogP contribution is 2.12. The normalized spacial score (nSPS) is 12.5. The monoisotopic (exact) mass is 196 g/mol. The quantitative estimate of drug-likeness (QED) is 0.744. The molecule has 1 aromatic rings. The minimum absolute atomic E-state index is 0.0365. The number of rotatable bonds is 4. The predicted octanol–water partition coefficient (Wildman–Crippen LogP) is 0.677. The van der Waals surface area contributed by atoms with Crippen molar-refractivity contribution in [3.05, 3.63) is 24.0 Å². The highest BCUT2D eigenvalue weighted by atomic mass is 16.3. The highest BCUT2D eigenvalue weighted by Gasteiger charge is 2.08. The minimum Gasteiger partial charge on any atom is -0.387 e. The van der Waals surface area contributed by atoms with Gasteiger partial charge in [0.25, 0.3) is 0 Å². The first-order chi connectivity index (χ1) is 6.65. The van der Waals surface area contributed by atoms with E-state index in [1.807, 2.05) is 19.1 Å². The minimum atomic E-state index is -0.542. The number of aromatic nitrogens is 1. The molecule has 0 saturated carbocycles. The maximum atomic E-state index is 11.3. The Morgan fingerprint density at radius 2 is 2.43 bits per heavy atom. The Hall–Kier alpha value is -1.29. The molecular formula is C10H16N2O2. The van der Waals surface area contributed by atoms with Gasteiger partial charge in [0.1, 0.15) is 6.54 Å². The van der Waals surface area contributed by atoms with Gasteiger partial charge in [-0.05, 0) is 26.0 Å². The molecule has 0 aliphatic carbocycles. The number of aliphatic hydroxyl groups excluding tert-OH is 1. The molecule has 1 heterocycles. The highest BCUT2D eigenvalue weighted by molar-refractivity contribution is 5.75. The molecule has 78 valence electrons. The lowest BCUT2D eigenvalue weighted by atomic mass is 10.3. The summed E-state index contributed by atoms with van der Waals surface area (Å²) in [7, 11) is 0. The van der Waals surface area contributed by atoms with Gasteiger partial charge in [0.15, 0.2) is 0 Å². The van der Waals surface area contributed by atoms with Crippen molar-refractivity contribution in [1.29, 1.82) is 0 Å². The molecule has 0 aliphatic heterocycles. The maximum absolute atomic E-state index is 11.3. The van der Waals surface area contributed by atoms with Crippen LogP contribution in [0.5, 0.6) is 0 Å². The lowest BCUT2D eigenvalue weighted by Gasteiger charge is -2.10. The number of likely N-dealkylation sites (N-methyl/N-ethyl adjacent to an activating group) is 1. The van der Waals surface area contributed by atoms with E-state index in [2.05, 4.69) is 5.32 Å². The van der Waals surface area contributed by atoms with Crippen molar-refractivity contribution in [2.45, 2.75) is 26.5 Å². The molecule has 0 bridgehead atoms. The third kappa shape index (κ3) is 2.60. The molecule has 1 unspecified atom stereocenters. The van der Waals surface area contributed by atoms with Crippen LogP contribution in [-0.4, -0.2) is 22.1 Å². The molecule has 1 rings (SSSR count). The summed E-state index contributed by atoms with van der Waals surface area (Å²) in [5, 5.41) is 12.1. The number of nitrogens with one attached hydrogen (secondary N) is 1. The van der Waals surface area contributed by atoms with Gasteiger partial charge in [-0.25, -0.2) is 0 Å². The van der Waals surface area contributed by atoms with Crippen LogP contribution in [-0.2, 0) is 11.3 Å². The van der Waals surface area contributed by atoms with Crippen molar-refractivity contribution in [2.24, 2.45) is 0 Å². The molecule has 1 aromatic heterocycles. The van der Waals surface area contributed by atoms with E-state index in [9.17, 15) is 9.90 Å². The van der Waals surface area contributed by atoms with E-state index in [0.29, 0.717) is 6.54 Å². The molecule has 0 fully saturated rings. The molecule has 1 amide bonds. The zero-order valence-electron chi connectivity index (χ0n) is 8.53. The van der Waals surface area contributed by atoms with E-state index < -0.39 is 6.10 Å². The van der Waals surface area contributed by atoms with Crippen LogP contribution in [0, 0.1) is 0 Å². The van der Waals surface area contributed by atoms with Crippen molar-refractivity contribution in [1.82, 2.24) is 9.88 Å². The smallest absolute Gasteiger partial charge is 0.239 e. The topological polar surface area (TPSA) is 54.3 Å². The number of hydrogen-bond donors (Lipinski definition) is 2. The Kier molecular flexibility index (Phi) is 3.71. The average molecular weight is 196 g/mol. The number of hydrogen-bond acceptors (Lipinski definition) is 2. The second kappa shape index (κ2) is 4.81. The van der Waals surface area contributed by atoms with Crippen LogP contribution in [0.25, 0.3) is 0 Å². The first-order valence-electron chi connectivity index (χ1n) is 4.75. The SMILES string of the molecule is CCNC(=O)Cn1cccc1C(C)O. The van der Waals surface area contributed by atoms with Crippen molar-refractivity contribution >= 4 is 5.91 Å². The Labute approximate surface area is 83.5 Å². The zero-order valence-corrected chi connectivity index (χ0v) is 8.53. The summed E-state index contributed by atoms with van der Waals surface area (Å²) < 4.78 is 1.75. The average Bonchev–Trinajstić information content (AvgIpc) is 2.52. The van der Waals surface area contributed by atoms with Gasteiger partial charge < -0.3 is 15.0 Å². The number of nitrogens with zero attached hydrogens (tertiary/aromatic N) is 1. The fourth-order valence-corrected chi connectivity index (χ4v) is 1.36. The standard InChI is InChI=1S/C10H16N2O2/c1-3-11-10(14)7-12-6-4-5-9(12)8(2)13/h4-6,8,13H,3,7H2,1-2H3,(H,11,14). The predicted molar refractivity (Wildman–Crippen MR) is 53.7 cm³/mol. The van der Waals surface area contributed by atoms with E-state index in [1.165, 1.54) is 0 Å². The lowest BCUT2D eigenvalue weighted by molar-refractivity contribution is -0.121. The molecule has 0 radical (unpaired) electrons. The molecule has 14 heavy (non-hydrogen) atoms. The molecule has 4 heteroatoms. The first-order valence-corrected chi connectivity index (χ1v) is 4.75. The molecular weight excluding hydrogens is 180 g/mol. The van der Waals surface area contributed by atoms with Gasteiger partial charge in [0.2, 0.25) is 5.91 Å². The molecule has 0 saturated heterocycles. The van der Waals surface area contributed by atoms with Gasteiger partial charge in [0.05, 0.1) is 6.10 Å². The summed E-state index contributed by atoms with van der Waals surface area (Å²) in [6.45, 7) is 4.46. The van der Waals surface area contributed by atoms with Gasteiger partial charge >= 0.3 is 0 Å². The van der Waals surface area contributed by atoms with Crippen LogP contribution < -0.4 is 5.32 Å². The second-order valence-corrected chi connectivity index (χ2v) is 3.19. The molecule has 1 atom stereocenters. The van der Waals surface area contributed by atoms with Gasteiger partial charge in [-0.15, -0.1) is 0 Å². The summed E-state index contributed by atoms with van der Waals surface area (Å²) in [5.74, 6) is -0.0365. The summed E-state index contributed by atoms with van der Waals surface area (Å²) >= 11 is 0. The van der Waals surface area contributed by atoms with Crippen molar-refractivity contribution in [3.8, 4) is 0 Å². The third-order valence-electron chi connectivity index (χ3n) is 1.98. The Bertz CT molecular complexity index is 305. The molecule has 2 N–H and O–H groups in total. The van der Waals surface area contributed by atoms with Crippen LogP contribution in [0.1, 0.15) is 25.6 Å². The largest absolute Gasteiger partial charge is 0.387 e. The summed E-state index contributed by atoms with van der Waals surface area (Å²) in [6.07, 6.45) is 1.25. The van der Waals surface area contributed by atoms with Gasteiger partial charge in [-0.3, -0.25) is 4.79 Å². The van der Waals surface area contributed by atoms with Crippen LogP contribution in [0.2, 0.25) is 0 Å². The van der Waals surface area contributed by atoms with Gasteiger partial charge in [-0.1, -0.05) is 0 Å². The summed E-state index contributed by atoms with van der Waals surface area (Å²) in [6, 6.07) is 3.63. The Morgan fingerprint density at radius 3 is 3.00 bits per heavy atom. The molecule has 0 spiro atoms. The van der Waals surface area contributed by atoms with E-state index in [-0.39, 0.29) is 12.5 Å². The second-order valence-electron chi connectivity index (χ2n) is 3.19. The van der Waals surface area contributed by atoms with E-state index >= 15 is 0 Å². The van der Waals surface area contributed by atoms with Crippen LogP contribution in [0.4, 0.5) is 0 Å². The first kappa shape index (κ1) is 10.8. The Morgan fingerprint density at radius 1 is 1.71 bits per heavy atom. The third-order valence-corrected chi connectivity index (χ3v) is 1.98. The molecule has 0 aromatic carbocycles. The van der Waals surface area contributed by atoms with Gasteiger partial charge in [0, 0.05) is 18.4 Å².